The van der Waals surface area contributed by atoms with Crippen LogP contribution < -0.4 is 10.1 Å². The fraction of sp³-hybridized carbons (Fsp3) is 0.533. The first kappa shape index (κ1) is 16.1. The van der Waals surface area contributed by atoms with Crippen molar-refractivity contribution < 1.29 is 14.6 Å². The molecule has 5 nitrogen and oxygen atoms in total. The maximum Gasteiger partial charge on any atom is 0.237 e. The van der Waals surface area contributed by atoms with Crippen LogP contribution in [-0.2, 0) is 11.3 Å². The lowest BCUT2D eigenvalue weighted by Crippen LogP contribution is -2.48. The van der Waals surface area contributed by atoms with Crippen LogP contribution in [0.4, 0.5) is 0 Å². The largest absolute Gasteiger partial charge is 0.503 e. The Morgan fingerprint density at radius 3 is 2.95 bits per heavy atom. The highest BCUT2D eigenvalue weighted by Gasteiger charge is 2.28. The summed E-state index contributed by atoms with van der Waals surface area (Å²) >= 11 is 3.33. The number of benzene rings is 1. The standard InChI is InChI=1S/C15H21BrN2O3/c1-17-15(20)12-5-3-4-6-18(12)9-10-7-11(16)14(19)13(8-10)21-2/h7-8,12,19H,3-6,9H2,1-2H3,(H,17,20). The van der Waals surface area contributed by atoms with Gasteiger partial charge in [-0.3, -0.25) is 9.69 Å². The van der Waals surface area contributed by atoms with Gasteiger partial charge in [-0.25, -0.2) is 0 Å². The molecule has 1 unspecified atom stereocenters. The maximum atomic E-state index is 12.0. The number of halogens is 1. The highest BCUT2D eigenvalue weighted by molar-refractivity contribution is 9.10. The van der Waals surface area contributed by atoms with Crippen molar-refractivity contribution in [2.45, 2.75) is 31.8 Å². The van der Waals surface area contributed by atoms with Gasteiger partial charge in [0.1, 0.15) is 0 Å². The van der Waals surface area contributed by atoms with Crippen molar-refractivity contribution in [3.05, 3.63) is 22.2 Å². The van der Waals surface area contributed by atoms with Crippen LogP contribution >= 0.6 is 15.9 Å². The second kappa shape index (κ2) is 7.13. The molecule has 0 spiro atoms. The van der Waals surface area contributed by atoms with E-state index in [1.807, 2.05) is 12.1 Å². The molecule has 1 aliphatic rings. The number of phenols is 1. The molecule has 1 atom stereocenters. The summed E-state index contributed by atoms with van der Waals surface area (Å²) in [6.07, 6.45) is 3.07. The number of phenolic OH excluding ortho intramolecular Hbond substituents is 1. The molecule has 1 saturated heterocycles. The molecule has 1 heterocycles. The predicted octanol–water partition coefficient (Wildman–Crippen LogP) is 2.26. The fourth-order valence-electron chi connectivity index (χ4n) is 2.75. The zero-order chi connectivity index (χ0) is 15.4. The number of carbonyl (C=O) groups excluding carboxylic acids is 1. The monoisotopic (exact) mass is 356 g/mol. The Labute approximate surface area is 133 Å². The third-order valence-corrected chi connectivity index (χ3v) is 4.46. The summed E-state index contributed by atoms with van der Waals surface area (Å²) in [5.41, 5.74) is 1.01. The van der Waals surface area contributed by atoms with E-state index in [2.05, 4.69) is 26.1 Å². The number of nitrogens with zero attached hydrogens (tertiary/aromatic N) is 1. The van der Waals surface area contributed by atoms with E-state index in [4.69, 9.17) is 4.74 Å². The molecule has 116 valence electrons. The van der Waals surface area contributed by atoms with E-state index < -0.39 is 0 Å². The van der Waals surface area contributed by atoms with Crippen LogP contribution in [0.2, 0.25) is 0 Å². The molecule has 1 aliphatic heterocycles. The number of amides is 1. The first-order chi connectivity index (χ1) is 10.1. The van der Waals surface area contributed by atoms with E-state index in [0.717, 1.165) is 31.4 Å². The van der Waals surface area contributed by atoms with Crippen molar-refractivity contribution in [2.75, 3.05) is 20.7 Å². The summed E-state index contributed by atoms with van der Waals surface area (Å²) in [6, 6.07) is 3.60. The Morgan fingerprint density at radius 1 is 1.52 bits per heavy atom. The summed E-state index contributed by atoms with van der Waals surface area (Å²) in [7, 11) is 3.20. The summed E-state index contributed by atoms with van der Waals surface area (Å²) < 4.78 is 5.78. The summed E-state index contributed by atoms with van der Waals surface area (Å²) in [6.45, 7) is 1.56. The minimum Gasteiger partial charge on any atom is -0.503 e. The molecule has 1 aromatic rings. The Hall–Kier alpha value is -1.27. The van der Waals surface area contributed by atoms with E-state index in [0.29, 0.717) is 16.8 Å². The normalized spacial score (nSPS) is 19.3. The van der Waals surface area contributed by atoms with E-state index in [1.54, 1.807) is 7.05 Å². The van der Waals surface area contributed by atoms with E-state index >= 15 is 0 Å². The number of hydrogen-bond acceptors (Lipinski definition) is 4. The van der Waals surface area contributed by atoms with E-state index in [-0.39, 0.29) is 17.7 Å². The minimum atomic E-state index is -0.0812. The second-order valence-corrected chi connectivity index (χ2v) is 6.08. The van der Waals surface area contributed by atoms with Gasteiger partial charge >= 0.3 is 0 Å². The van der Waals surface area contributed by atoms with Crippen LogP contribution in [0.15, 0.2) is 16.6 Å². The smallest absolute Gasteiger partial charge is 0.237 e. The number of rotatable bonds is 4. The lowest BCUT2D eigenvalue weighted by atomic mass is 10.0. The molecule has 0 aliphatic carbocycles. The zero-order valence-electron chi connectivity index (χ0n) is 12.4. The Morgan fingerprint density at radius 2 is 2.29 bits per heavy atom. The molecule has 0 bridgehead atoms. The number of likely N-dealkylation sites (N-methyl/N-ethyl adjacent to an activating group) is 1. The fourth-order valence-corrected chi connectivity index (χ4v) is 3.24. The maximum absolute atomic E-state index is 12.0. The number of methoxy groups -OCH3 is 1. The molecule has 0 radical (unpaired) electrons. The van der Waals surface area contributed by atoms with Crippen molar-refractivity contribution >= 4 is 21.8 Å². The quantitative estimate of drug-likeness (QED) is 0.868. The van der Waals surface area contributed by atoms with Crippen LogP contribution in [0.5, 0.6) is 11.5 Å². The van der Waals surface area contributed by atoms with Crippen LogP contribution in [0, 0.1) is 0 Å². The molecule has 2 N–H and O–H groups in total. The second-order valence-electron chi connectivity index (χ2n) is 5.22. The van der Waals surface area contributed by atoms with Gasteiger partial charge < -0.3 is 15.2 Å². The molecule has 1 aromatic carbocycles. The molecule has 21 heavy (non-hydrogen) atoms. The van der Waals surface area contributed by atoms with Gasteiger partial charge in [-0.1, -0.05) is 6.42 Å². The van der Waals surface area contributed by atoms with Gasteiger partial charge in [0.15, 0.2) is 11.5 Å². The van der Waals surface area contributed by atoms with Crippen molar-refractivity contribution in [1.29, 1.82) is 0 Å². The first-order valence-corrected chi connectivity index (χ1v) is 7.87. The topological polar surface area (TPSA) is 61.8 Å². The number of aromatic hydroxyl groups is 1. The highest BCUT2D eigenvalue weighted by Crippen LogP contribution is 2.36. The van der Waals surface area contributed by atoms with Crippen LogP contribution in [-0.4, -0.2) is 42.7 Å². The lowest BCUT2D eigenvalue weighted by Gasteiger charge is -2.34. The average Bonchev–Trinajstić information content (AvgIpc) is 2.50. The van der Waals surface area contributed by atoms with Gasteiger partial charge in [0.05, 0.1) is 17.6 Å². The lowest BCUT2D eigenvalue weighted by molar-refractivity contribution is -0.127. The van der Waals surface area contributed by atoms with Gasteiger partial charge in [-0.05, 0) is 53.0 Å². The molecule has 2 rings (SSSR count). The number of hydrogen-bond donors (Lipinski definition) is 2. The van der Waals surface area contributed by atoms with Crippen molar-refractivity contribution in [1.82, 2.24) is 10.2 Å². The van der Waals surface area contributed by atoms with E-state index in [9.17, 15) is 9.90 Å². The molecular weight excluding hydrogens is 336 g/mol. The zero-order valence-corrected chi connectivity index (χ0v) is 13.9. The summed E-state index contributed by atoms with van der Waals surface area (Å²) in [5.74, 6) is 0.607. The SMILES string of the molecule is CNC(=O)C1CCCCN1Cc1cc(Br)c(O)c(OC)c1. The molecule has 1 fully saturated rings. The van der Waals surface area contributed by atoms with Crippen molar-refractivity contribution in [3.8, 4) is 11.5 Å². The first-order valence-electron chi connectivity index (χ1n) is 7.07. The molecular formula is C15H21BrN2O3. The van der Waals surface area contributed by atoms with Gasteiger partial charge in [-0.15, -0.1) is 0 Å². The van der Waals surface area contributed by atoms with Gasteiger partial charge in [0.2, 0.25) is 5.91 Å². The number of ether oxygens (including phenoxy) is 1. The van der Waals surface area contributed by atoms with Crippen LogP contribution in [0.25, 0.3) is 0 Å². The number of likely N-dealkylation sites (tertiary alicyclic amines) is 1. The Bertz CT molecular complexity index is 522. The number of carbonyl (C=O) groups is 1. The Kier molecular flexibility index (Phi) is 5.47. The number of nitrogens with one attached hydrogen (secondary N) is 1. The predicted molar refractivity (Wildman–Crippen MR) is 84.5 cm³/mol. The molecule has 0 aromatic heterocycles. The highest BCUT2D eigenvalue weighted by atomic mass is 79.9. The van der Waals surface area contributed by atoms with Gasteiger partial charge in [0.25, 0.3) is 0 Å². The summed E-state index contributed by atoms with van der Waals surface area (Å²) in [5, 5.41) is 12.6. The average molecular weight is 357 g/mol. The van der Waals surface area contributed by atoms with Gasteiger partial charge in [0, 0.05) is 13.6 Å². The molecule has 1 amide bonds. The van der Waals surface area contributed by atoms with Crippen molar-refractivity contribution in [3.63, 3.8) is 0 Å². The molecule has 6 heteroatoms. The van der Waals surface area contributed by atoms with Crippen molar-refractivity contribution in [2.24, 2.45) is 0 Å². The van der Waals surface area contributed by atoms with E-state index in [1.165, 1.54) is 7.11 Å². The Balaban J connectivity index is 2.19. The van der Waals surface area contributed by atoms with Crippen LogP contribution in [0.3, 0.4) is 0 Å². The summed E-state index contributed by atoms with van der Waals surface area (Å²) in [4.78, 5) is 14.2. The van der Waals surface area contributed by atoms with Gasteiger partial charge in [-0.2, -0.15) is 0 Å². The minimum absolute atomic E-state index is 0.0690. The molecule has 0 saturated carbocycles. The number of piperidine rings is 1. The van der Waals surface area contributed by atoms with Crippen LogP contribution in [0.1, 0.15) is 24.8 Å². The third kappa shape index (κ3) is 3.68. The third-order valence-electron chi connectivity index (χ3n) is 3.86.